The average Bonchev–Trinajstić information content (AvgIpc) is 2.60. The molecule has 2 rings (SSSR count). The van der Waals surface area contributed by atoms with Gasteiger partial charge in [0.25, 0.3) is 0 Å². The molecule has 0 saturated carbocycles. The van der Waals surface area contributed by atoms with Crippen LogP contribution in [0.1, 0.15) is 15.6 Å². The summed E-state index contributed by atoms with van der Waals surface area (Å²) in [5.74, 6) is 0.703. The number of nitrogen functional groups attached to an aromatic ring is 1. The first-order valence-electron chi connectivity index (χ1n) is 5.17. The van der Waals surface area contributed by atoms with E-state index in [1.165, 1.54) is 4.88 Å². The Morgan fingerprint density at radius 3 is 2.76 bits per heavy atom. The van der Waals surface area contributed by atoms with Crippen LogP contribution < -0.4 is 10.5 Å². The summed E-state index contributed by atoms with van der Waals surface area (Å²) in [6.07, 6.45) is 0. The highest BCUT2D eigenvalue weighted by molar-refractivity contribution is 7.11. The summed E-state index contributed by atoms with van der Waals surface area (Å²) >= 11 is 7.55. The molecule has 0 saturated heterocycles. The van der Waals surface area contributed by atoms with Crippen LogP contribution in [0.3, 0.4) is 0 Å². The minimum atomic E-state index is 0.458. The molecule has 0 spiro atoms. The molecular formula is C12H13ClN2OS. The zero-order chi connectivity index (χ0) is 12.4. The van der Waals surface area contributed by atoms with Crippen molar-refractivity contribution in [3.63, 3.8) is 0 Å². The quantitative estimate of drug-likeness (QED) is 0.866. The van der Waals surface area contributed by atoms with Gasteiger partial charge in [-0.05, 0) is 26.0 Å². The van der Waals surface area contributed by atoms with Gasteiger partial charge in [-0.15, -0.1) is 11.3 Å². The maximum atomic E-state index is 5.91. The average molecular weight is 269 g/mol. The number of thiazole rings is 1. The number of aromatic nitrogens is 1. The zero-order valence-electron chi connectivity index (χ0n) is 9.66. The molecule has 0 radical (unpaired) electrons. The lowest BCUT2D eigenvalue weighted by Gasteiger charge is -2.05. The third-order valence-corrected chi connectivity index (χ3v) is 3.78. The van der Waals surface area contributed by atoms with Gasteiger partial charge in [-0.3, -0.25) is 0 Å². The molecule has 0 aliphatic heterocycles. The summed E-state index contributed by atoms with van der Waals surface area (Å²) in [4.78, 5) is 5.62. The summed E-state index contributed by atoms with van der Waals surface area (Å²) in [5.41, 5.74) is 7.24. The highest BCUT2D eigenvalue weighted by atomic mass is 35.5. The van der Waals surface area contributed by atoms with Crippen molar-refractivity contribution >= 4 is 28.6 Å². The molecule has 1 aromatic carbocycles. The van der Waals surface area contributed by atoms with Crippen molar-refractivity contribution in [2.75, 3.05) is 5.73 Å². The van der Waals surface area contributed by atoms with E-state index in [-0.39, 0.29) is 0 Å². The van der Waals surface area contributed by atoms with Crippen molar-refractivity contribution in [3.05, 3.63) is 38.8 Å². The third-order valence-electron chi connectivity index (χ3n) is 2.41. The van der Waals surface area contributed by atoms with Crippen LogP contribution >= 0.6 is 22.9 Å². The first kappa shape index (κ1) is 12.2. The second kappa shape index (κ2) is 4.94. The van der Waals surface area contributed by atoms with Crippen molar-refractivity contribution < 1.29 is 4.74 Å². The molecule has 0 aliphatic rings. The number of benzene rings is 1. The number of ether oxygens (including phenoxy) is 1. The molecule has 0 atom stereocenters. The lowest BCUT2D eigenvalue weighted by atomic mass is 10.3. The van der Waals surface area contributed by atoms with Gasteiger partial charge in [-0.25, -0.2) is 4.98 Å². The number of hydrogen-bond acceptors (Lipinski definition) is 4. The fourth-order valence-electron chi connectivity index (χ4n) is 1.34. The fraction of sp³-hybridized carbons (Fsp3) is 0.250. The first-order valence-corrected chi connectivity index (χ1v) is 6.36. The molecule has 90 valence electrons. The molecule has 17 heavy (non-hydrogen) atoms. The van der Waals surface area contributed by atoms with Gasteiger partial charge in [0.2, 0.25) is 0 Å². The maximum Gasteiger partial charge on any atom is 0.140 e. The Morgan fingerprint density at radius 1 is 1.41 bits per heavy atom. The van der Waals surface area contributed by atoms with E-state index in [0.717, 1.165) is 10.7 Å². The summed E-state index contributed by atoms with van der Waals surface area (Å²) in [5, 5.41) is 1.47. The van der Waals surface area contributed by atoms with Crippen LogP contribution in [0, 0.1) is 13.8 Å². The smallest absolute Gasteiger partial charge is 0.140 e. The summed E-state index contributed by atoms with van der Waals surface area (Å²) in [7, 11) is 0. The third kappa shape index (κ3) is 2.90. The Morgan fingerprint density at radius 2 is 2.18 bits per heavy atom. The van der Waals surface area contributed by atoms with Gasteiger partial charge in [-0.1, -0.05) is 11.6 Å². The van der Waals surface area contributed by atoms with Crippen LogP contribution in [0.5, 0.6) is 5.75 Å². The van der Waals surface area contributed by atoms with E-state index in [1.807, 2.05) is 6.92 Å². The Hall–Kier alpha value is -1.26. The van der Waals surface area contributed by atoms with E-state index in [2.05, 4.69) is 11.9 Å². The molecule has 0 bridgehead atoms. The van der Waals surface area contributed by atoms with Crippen LogP contribution in [-0.4, -0.2) is 4.98 Å². The van der Waals surface area contributed by atoms with Gasteiger partial charge in [-0.2, -0.15) is 0 Å². The maximum absolute atomic E-state index is 5.91. The number of nitrogens with two attached hydrogens (primary N) is 1. The molecule has 2 aromatic rings. The van der Waals surface area contributed by atoms with Crippen molar-refractivity contribution in [1.82, 2.24) is 4.98 Å². The highest BCUT2D eigenvalue weighted by Gasteiger charge is 2.05. The molecule has 0 aliphatic carbocycles. The molecular weight excluding hydrogens is 256 g/mol. The number of nitrogens with zero attached hydrogens (tertiary/aromatic N) is 1. The standard InChI is InChI=1S/C12H13ClN2OS/c1-7-8(2)17-12(15-7)6-16-9-3-4-11(14)10(13)5-9/h3-5H,6,14H2,1-2H3. The number of hydrogen-bond donors (Lipinski definition) is 1. The normalized spacial score (nSPS) is 10.5. The van der Waals surface area contributed by atoms with Gasteiger partial charge in [0.15, 0.2) is 0 Å². The number of rotatable bonds is 3. The Bertz CT molecular complexity index is 520. The number of halogens is 1. The van der Waals surface area contributed by atoms with Gasteiger partial charge in [0.1, 0.15) is 17.4 Å². The van der Waals surface area contributed by atoms with E-state index < -0.39 is 0 Å². The van der Waals surface area contributed by atoms with Gasteiger partial charge >= 0.3 is 0 Å². The minimum Gasteiger partial charge on any atom is -0.486 e. The second-order valence-corrected chi connectivity index (χ2v) is 5.42. The van der Waals surface area contributed by atoms with Gasteiger partial charge in [0.05, 0.1) is 16.4 Å². The fourth-order valence-corrected chi connectivity index (χ4v) is 2.36. The molecule has 1 aromatic heterocycles. The van der Waals surface area contributed by atoms with Crippen molar-refractivity contribution in [3.8, 4) is 5.75 Å². The number of aryl methyl sites for hydroxylation is 2. The largest absolute Gasteiger partial charge is 0.486 e. The topological polar surface area (TPSA) is 48.1 Å². The minimum absolute atomic E-state index is 0.458. The molecule has 1 heterocycles. The summed E-state index contributed by atoms with van der Waals surface area (Å²) < 4.78 is 5.60. The predicted molar refractivity (Wildman–Crippen MR) is 71.8 cm³/mol. The van der Waals surface area contributed by atoms with Gasteiger partial charge < -0.3 is 10.5 Å². The lowest BCUT2D eigenvalue weighted by Crippen LogP contribution is -1.95. The monoisotopic (exact) mass is 268 g/mol. The van der Waals surface area contributed by atoms with Crippen molar-refractivity contribution in [2.45, 2.75) is 20.5 Å². The Labute approximate surface area is 109 Å². The molecule has 5 heteroatoms. The van der Waals surface area contributed by atoms with Crippen LogP contribution in [0.2, 0.25) is 5.02 Å². The van der Waals surface area contributed by atoms with E-state index in [4.69, 9.17) is 22.1 Å². The molecule has 0 amide bonds. The number of anilines is 1. The second-order valence-electron chi connectivity index (χ2n) is 3.72. The van der Waals surface area contributed by atoms with E-state index in [9.17, 15) is 0 Å². The molecule has 0 fully saturated rings. The summed E-state index contributed by atoms with van der Waals surface area (Å²) in [6, 6.07) is 5.24. The van der Waals surface area contributed by atoms with E-state index in [1.54, 1.807) is 29.5 Å². The van der Waals surface area contributed by atoms with Crippen LogP contribution in [0.15, 0.2) is 18.2 Å². The van der Waals surface area contributed by atoms with Crippen molar-refractivity contribution in [1.29, 1.82) is 0 Å². The SMILES string of the molecule is Cc1nc(COc2ccc(N)c(Cl)c2)sc1C. The van der Waals surface area contributed by atoms with Crippen LogP contribution in [0.4, 0.5) is 5.69 Å². The molecule has 3 nitrogen and oxygen atoms in total. The van der Waals surface area contributed by atoms with Gasteiger partial charge in [0, 0.05) is 10.9 Å². The van der Waals surface area contributed by atoms with Crippen molar-refractivity contribution in [2.24, 2.45) is 0 Å². The van der Waals surface area contributed by atoms with E-state index in [0.29, 0.717) is 23.1 Å². The molecule has 2 N–H and O–H groups in total. The zero-order valence-corrected chi connectivity index (χ0v) is 11.2. The first-order chi connectivity index (χ1) is 8.06. The lowest BCUT2D eigenvalue weighted by molar-refractivity contribution is 0.305. The summed E-state index contributed by atoms with van der Waals surface area (Å²) in [6.45, 7) is 4.51. The Balaban J connectivity index is 2.04. The van der Waals surface area contributed by atoms with Crippen LogP contribution in [0.25, 0.3) is 0 Å². The molecule has 0 unspecified atom stereocenters. The Kier molecular flexibility index (Phi) is 3.54. The highest BCUT2D eigenvalue weighted by Crippen LogP contribution is 2.25. The van der Waals surface area contributed by atoms with E-state index >= 15 is 0 Å². The predicted octanol–water partition coefficient (Wildman–Crippen LogP) is 3.57. The van der Waals surface area contributed by atoms with Crippen LogP contribution in [-0.2, 0) is 6.61 Å².